The average Bonchev–Trinajstić information content (AvgIpc) is 3.13. The van der Waals surface area contributed by atoms with Gasteiger partial charge in [-0.3, -0.25) is 9.59 Å². The summed E-state index contributed by atoms with van der Waals surface area (Å²) >= 11 is 6.28. The van der Waals surface area contributed by atoms with Crippen LogP contribution in [0.2, 0.25) is 5.02 Å². The zero-order chi connectivity index (χ0) is 25.2. The first-order valence-corrected chi connectivity index (χ1v) is 12.6. The van der Waals surface area contributed by atoms with E-state index in [0.29, 0.717) is 28.6 Å². The molecule has 0 N–H and O–H groups in total. The molecule has 3 aromatic carbocycles. The van der Waals surface area contributed by atoms with Gasteiger partial charge in [-0.15, -0.1) is 0 Å². The van der Waals surface area contributed by atoms with Crippen molar-refractivity contribution in [1.29, 1.82) is 0 Å². The molecular formula is C25H22ClFN2O5S. The molecule has 1 atom stereocenters. The van der Waals surface area contributed by atoms with Gasteiger partial charge in [0, 0.05) is 11.6 Å². The van der Waals surface area contributed by atoms with E-state index < -0.39 is 33.7 Å². The van der Waals surface area contributed by atoms with Crippen LogP contribution >= 0.6 is 11.6 Å². The number of imide groups is 1. The summed E-state index contributed by atoms with van der Waals surface area (Å²) in [7, 11) is -4.30. The molecule has 1 saturated heterocycles. The van der Waals surface area contributed by atoms with Crippen molar-refractivity contribution in [2.45, 2.75) is 30.8 Å². The number of ether oxygens (including phenoxy) is 1. The van der Waals surface area contributed by atoms with Crippen molar-refractivity contribution >= 4 is 39.1 Å². The van der Waals surface area contributed by atoms with Crippen LogP contribution in [0.15, 0.2) is 77.7 Å². The molecule has 3 aromatic rings. The Morgan fingerprint density at radius 1 is 1.03 bits per heavy atom. The number of nitrogens with zero attached hydrogens (tertiary/aromatic N) is 2. The molecule has 0 aliphatic carbocycles. The number of anilines is 1. The van der Waals surface area contributed by atoms with E-state index in [4.69, 9.17) is 16.3 Å². The van der Waals surface area contributed by atoms with Crippen LogP contribution in [0.3, 0.4) is 0 Å². The normalized spacial score (nSPS) is 16.2. The summed E-state index contributed by atoms with van der Waals surface area (Å²) in [6, 6.07) is 16.0. The van der Waals surface area contributed by atoms with E-state index in [1.165, 1.54) is 0 Å². The molecule has 1 aliphatic heterocycles. The molecule has 0 radical (unpaired) electrons. The maximum Gasteiger partial charge on any atom is 0.252 e. The van der Waals surface area contributed by atoms with Crippen molar-refractivity contribution in [3.8, 4) is 5.75 Å². The summed E-state index contributed by atoms with van der Waals surface area (Å²) in [5.41, 5.74) is 0.766. The Kier molecular flexibility index (Phi) is 7.20. The van der Waals surface area contributed by atoms with Crippen molar-refractivity contribution in [3.63, 3.8) is 0 Å². The molecule has 1 unspecified atom stereocenters. The molecule has 10 heteroatoms. The maximum absolute atomic E-state index is 13.6. The minimum Gasteiger partial charge on any atom is -0.494 e. The van der Waals surface area contributed by atoms with Crippen molar-refractivity contribution in [1.82, 2.24) is 4.31 Å². The zero-order valence-electron chi connectivity index (χ0n) is 18.7. The van der Waals surface area contributed by atoms with Gasteiger partial charge in [0.1, 0.15) is 17.6 Å². The van der Waals surface area contributed by atoms with Gasteiger partial charge >= 0.3 is 0 Å². The predicted molar refractivity (Wildman–Crippen MR) is 129 cm³/mol. The van der Waals surface area contributed by atoms with E-state index in [1.54, 1.807) is 48.5 Å². The van der Waals surface area contributed by atoms with Gasteiger partial charge in [-0.05, 0) is 67.1 Å². The quantitative estimate of drug-likeness (QED) is 0.414. The van der Waals surface area contributed by atoms with Crippen molar-refractivity contribution < 1.29 is 27.1 Å². The molecule has 1 fully saturated rings. The highest BCUT2D eigenvalue weighted by Crippen LogP contribution is 2.32. The first-order chi connectivity index (χ1) is 16.7. The Labute approximate surface area is 207 Å². The van der Waals surface area contributed by atoms with Gasteiger partial charge in [0.05, 0.1) is 23.6 Å². The summed E-state index contributed by atoms with van der Waals surface area (Å²) in [6.07, 6.45) is -0.350. The van der Waals surface area contributed by atoms with E-state index in [9.17, 15) is 22.4 Å². The summed E-state index contributed by atoms with van der Waals surface area (Å²) in [6.45, 7) is 2.04. The third-order valence-corrected chi connectivity index (χ3v) is 7.82. The lowest BCUT2D eigenvalue weighted by Crippen LogP contribution is -2.45. The molecule has 35 heavy (non-hydrogen) atoms. The first-order valence-electron chi connectivity index (χ1n) is 10.8. The SMILES string of the molecule is CCOc1ccc(N2C(=O)CC(N(Cc3ccccc3Cl)S(=O)(=O)c3ccc(F)cc3)C2=O)cc1. The van der Waals surface area contributed by atoms with Crippen molar-refractivity contribution in [3.05, 3.63) is 89.2 Å². The predicted octanol–water partition coefficient (Wildman–Crippen LogP) is 4.40. The second-order valence-corrected chi connectivity index (χ2v) is 10.1. The summed E-state index contributed by atoms with van der Waals surface area (Å²) in [4.78, 5) is 27.1. The molecule has 7 nitrogen and oxygen atoms in total. The Bertz CT molecular complexity index is 1350. The third-order valence-electron chi connectivity index (χ3n) is 5.58. The smallest absolute Gasteiger partial charge is 0.252 e. The summed E-state index contributed by atoms with van der Waals surface area (Å²) in [5.74, 6) is -1.25. The number of carbonyl (C=O) groups excluding carboxylic acids is 2. The molecule has 0 aromatic heterocycles. The van der Waals surface area contributed by atoms with Gasteiger partial charge in [0.2, 0.25) is 15.9 Å². The van der Waals surface area contributed by atoms with Crippen LogP contribution in [0.4, 0.5) is 10.1 Å². The fourth-order valence-electron chi connectivity index (χ4n) is 3.87. The highest BCUT2D eigenvalue weighted by atomic mass is 35.5. The number of benzene rings is 3. The standard InChI is InChI=1S/C25H22ClFN2O5S/c1-2-34-20-11-9-19(10-12-20)29-24(30)15-23(25(29)31)28(16-17-5-3-4-6-22(17)26)35(32,33)21-13-7-18(27)8-14-21/h3-14,23H,2,15-16H2,1H3. The number of carbonyl (C=O) groups is 2. The van der Waals surface area contributed by atoms with Crippen LogP contribution in [0, 0.1) is 5.82 Å². The number of halogens is 2. The Hall–Kier alpha value is -3.27. The highest BCUT2D eigenvalue weighted by Gasteiger charge is 2.47. The van der Waals surface area contributed by atoms with E-state index in [1.807, 2.05) is 6.92 Å². The Morgan fingerprint density at radius 3 is 2.31 bits per heavy atom. The Balaban J connectivity index is 1.73. The van der Waals surface area contributed by atoms with Crippen molar-refractivity contribution in [2.24, 2.45) is 0 Å². The van der Waals surface area contributed by atoms with Crippen LogP contribution in [0.5, 0.6) is 5.75 Å². The molecule has 1 aliphatic rings. The lowest BCUT2D eigenvalue weighted by molar-refractivity contribution is -0.122. The van der Waals surface area contributed by atoms with Crippen LogP contribution < -0.4 is 9.64 Å². The van der Waals surface area contributed by atoms with Gasteiger partial charge in [0.15, 0.2) is 0 Å². The van der Waals surface area contributed by atoms with Gasteiger partial charge in [-0.25, -0.2) is 17.7 Å². The molecule has 0 bridgehead atoms. The minimum absolute atomic E-state index is 0.203. The van der Waals surface area contributed by atoms with E-state index in [2.05, 4.69) is 0 Å². The fourth-order valence-corrected chi connectivity index (χ4v) is 5.62. The van der Waals surface area contributed by atoms with Crippen LogP contribution in [0.1, 0.15) is 18.9 Å². The second kappa shape index (κ2) is 10.2. The van der Waals surface area contributed by atoms with Crippen LogP contribution in [-0.4, -0.2) is 37.2 Å². The number of rotatable bonds is 8. The topological polar surface area (TPSA) is 84.0 Å². The van der Waals surface area contributed by atoms with Crippen LogP contribution in [0.25, 0.3) is 0 Å². The lowest BCUT2D eigenvalue weighted by Gasteiger charge is -2.27. The highest BCUT2D eigenvalue weighted by molar-refractivity contribution is 7.89. The van der Waals surface area contributed by atoms with Crippen molar-refractivity contribution in [2.75, 3.05) is 11.5 Å². The summed E-state index contributed by atoms with van der Waals surface area (Å²) in [5, 5.41) is 0.312. The largest absolute Gasteiger partial charge is 0.494 e. The minimum atomic E-state index is -4.30. The number of hydrogen-bond acceptors (Lipinski definition) is 5. The van der Waals surface area contributed by atoms with Gasteiger partial charge in [-0.1, -0.05) is 29.8 Å². The summed E-state index contributed by atoms with van der Waals surface area (Å²) < 4.78 is 47.1. The fraction of sp³-hybridized carbons (Fsp3) is 0.200. The van der Waals surface area contributed by atoms with Gasteiger partial charge < -0.3 is 4.74 Å². The molecular weight excluding hydrogens is 495 g/mol. The number of sulfonamides is 1. The van der Waals surface area contributed by atoms with Crippen LogP contribution in [-0.2, 0) is 26.2 Å². The van der Waals surface area contributed by atoms with Gasteiger partial charge in [-0.2, -0.15) is 4.31 Å². The molecule has 2 amide bonds. The second-order valence-electron chi connectivity index (χ2n) is 7.81. The number of amides is 2. The molecule has 0 spiro atoms. The monoisotopic (exact) mass is 516 g/mol. The first kappa shape index (κ1) is 24.8. The average molecular weight is 517 g/mol. The maximum atomic E-state index is 13.6. The third kappa shape index (κ3) is 5.07. The molecule has 4 rings (SSSR count). The molecule has 0 saturated carbocycles. The van der Waals surface area contributed by atoms with E-state index >= 15 is 0 Å². The zero-order valence-corrected chi connectivity index (χ0v) is 20.3. The van der Waals surface area contributed by atoms with E-state index in [0.717, 1.165) is 33.5 Å². The van der Waals surface area contributed by atoms with Gasteiger partial charge in [0.25, 0.3) is 5.91 Å². The number of hydrogen-bond donors (Lipinski definition) is 0. The molecule has 182 valence electrons. The Morgan fingerprint density at radius 2 is 1.69 bits per heavy atom. The molecule has 1 heterocycles. The van der Waals surface area contributed by atoms with E-state index in [-0.39, 0.29) is 17.9 Å². The lowest BCUT2D eigenvalue weighted by atomic mass is 10.2.